The molecule has 0 unspecified atom stereocenters. The third kappa shape index (κ3) is 6.70. The van der Waals surface area contributed by atoms with Crippen molar-refractivity contribution in [2.24, 2.45) is 0 Å². The molecule has 0 atom stereocenters. The van der Waals surface area contributed by atoms with Crippen LogP contribution in [0.15, 0.2) is 28.8 Å². The van der Waals surface area contributed by atoms with E-state index in [0.717, 1.165) is 17.7 Å². The summed E-state index contributed by atoms with van der Waals surface area (Å²) in [7, 11) is 1.83. The van der Waals surface area contributed by atoms with Crippen molar-refractivity contribution in [3.63, 3.8) is 0 Å². The van der Waals surface area contributed by atoms with Crippen LogP contribution < -0.4 is 4.74 Å². The van der Waals surface area contributed by atoms with Crippen LogP contribution in [-0.2, 0) is 16.6 Å². The standard InChI is InChI=1S/C21H31N3O3/c1-16-10-6-7-11-17(16)26-15-9-14-24(5)19(25)13-8-12-18-22-20(23-27-18)21(2,3)4/h6-7,10-11H,8-9,12-15H2,1-5H3. The van der Waals surface area contributed by atoms with Gasteiger partial charge in [-0.25, -0.2) is 0 Å². The maximum Gasteiger partial charge on any atom is 0.226 e. The summed E-state index contributed by atoms with van der Waals surface area (Å²) < 4.78 is 11.0. The Morgan fingerprint density at radius 1 is 1.22 bits per heavy atom. The van der Waals surface area contributed by atoms with Crippen LogP contribution in [0.25, 0.3) is 0 Å². The minimum atomic E-state index is -0.127. The normalized spacial score (nSPS) is 11.4. The van der Waals surface area contributed by atoms with Crippen LogP contribution in [0, 0.1) is 6.92 Å². The molecule has 0 aliphatic carbocycles. The fraction of sp³-hybridized carbons (Fsp3) is 0.571. The quantitative estimate of drug-likeness (QED) is 0.623. The highest BCUT2D eigenvalue weighted by molar-refractivity contribution is 5.75. The second-order valence-corrected chi connectivity index (χ2v) is 7.90. The van der Waals surface area contributed by atoms with Gasteiger partial charge in [0.05, 0.1) is 6.61 Å². The molecule has 6 nitrogen and oxygen atoms in total. The first-order valence-corrected chi connectivity index (χ1v) is 9.53. The number of aromatic nitrogens is 2. The molecule has 0 fully saturated rings. The Labute approximate surface area is 161 Å². The van der Waals surface area contributed by atoms with Crippen LogP contribution in [0.3, 0.4) is 0 Å². The van der Waals surface area contributed by atoms with Gasteiger partial charge in [-0.2, -0.15) is 4.98 Å². The molecule has 27 heavy (non-hydrogen) atoms. The van der Waals surface area contributed by atoms with Crippen molar-refractivity contribution in [3.8, 4) is 5.75 Å². The maximum atomic E-state index is 12.2. The molecule has 1 heterocycles. The summed E-state index contributed by atoms with van der Waals surface area (Å²) in [6.45, 7) is 9.44. The summed E-state index contributed by atoms with van der Waals surface area (Å²) in [6, 6.07) is 7.95. The van der Waals surface area contributed by atoms with Gasteiger partial charge in [0, 0.05) is 31.8 Å². The average Bonchev–Trinajstić information content (AvgIpc) is 3.09. The Kier molecular flexibility index (Phi) is 7.39. The van der Waals surface area contributed by atoms with E-state index in [1.165, 1.54) is 0 Å². The number of carbonyl (C=O) groups excluding carboxylic acids is 1. The first kappa shape index (κ1) is 20.9. The zero-order chi connectivity index (χ0) is 19.9. The maximum absolute atomic E-state index is 12.2. The molecule has 148 valence electrons. The lowest BCUT2D eigenvalue weighted by atomic mass is 9.96. The van der Waals surface area contributed by atoms with Crippen LogP contribution in [0.5, 0.6) is 5.75 Å². The summed E-state index contributed by atoms with van der Waals surface area (Å²) in [6.07, 6.45) is 2.60. The van der Waals surface area contributed by atoms with E-state index in [1.807, 2.05) is 59.0 Å². The van der Waals surface area contributed by atoms with Gasteiger partial charge in [-0.1, -0.05) is 44.1 Å². The van der Waals surface area contributed by atoms with E-state index in [0.29, 0.717) is 44.1 Å². The second-order valence-electron chi connectivity index (χ2n) is 7.90. The number of carbonyl (C=O) groups is 1. The first-order chi connectivity index (χ1) is 12.8. The minimum Gasteiger partial charge on any atom is -0.493 e. The van der Waals surface area contributed by atoms with Crippen molar-refractivity contribution in [2.45, 2.75) is 58.8 Å². The van der Waals surface area contributed by atoms with E-state index in [9.17, 15) is 4.79 Å². The summed E-state index contributed by atoms with van der Waals surface area (Å²) in [4.78, 5) is 18.4. The van der Waals surface area contributed by atoms with Gasteiger partial charge < -0.3 is 14.2 Å². The fourth-order valence-electron chi connectivity index (χ4n) is 2.57. The number of amides is 1. The SMILES string of the molecule is Cc1ccccc1OCCCN(C)C(=O)CCCc1nc(C(C)(C)C)no1. The zero-order valence-electron chi connectivity index (χ0n) is 17.1. The van der Waals surface area contributed by atoms with Crippen LogP contribution in [0.4, 0.5) is 0 Å². The number of rotatable bonds is 9. The van der Waals surface area contributed by atoms with Gasteiger partial charge in [0.25, 0.3) is 0 Å². The zero-order valence-corrected chi connectivity index (χ0v) is 17.1. The second kappa shape index (κ2) is 9.53. The molecule has 1 aromatic carbocycles. The number of nitrogens with zero attached hydrogens (tertiary/aromatic N) is 3. The predicted molar refractivity (Wildman–Crippen MR) is 105 cm³/mol. The Hall–Kier alpha value is -2.37. The summed E-state index contributed by atoms with van der Waals surface area (Å²) in [5, 5.41) is 4.01. The molecule has 1 amide bonds. The number of hydrogen-bond acceptors (Lipinski definition) is 5. The van der Waals surface area contributed by atoms with Crippen LogP contribution in [0.1, 0.15) is 57.3 Å². The molecule has 0 N–H and O–H groups in total. The van der Waals surface area contributed by atoms with Crippen molar-refractivity contribution in [1.29, 1.82) is 0 Å². The van der Waals surface area contributed by atoms with E-state index < -0.39 is 0 Å². The van der Waals surface area contributed by atoms with E-state index >= 15 is 0 Å². The van der Waals surface area contributed by atoms with Crippen molar-refractivity contribution >= 4 is 5.91 Å². The molecule has 0 saturated carbocycles. The van der Waals surface area contributed by atoms with Gasteiger partial charge in [0.15, 0.2) is 5.82 Å². The molecule has 0 spiro atoms. The van der Waals surface area contributed by atoms with Crippen molar-refractivity contribution in [2.75, 3.05) is 20.2 Å². The van der Waals surface area contributed by atoms with Crippen LogP contribution in [0.2, 0.25) is 0 Å². The molecule has 0 aliphatic rings. The third-order valence-electron chi connectivity index (χ3n) is 4.33. The van der Waals surface area contributed by atoms with Crippen molar-refractivity contribution in [3.05, 3.63) is 41.5 Å². The number of benzene rings is 1. The monoisotopic (exact) mass is 373 g/mol. The van der Waals surface area contributed by atoms with Crippen molar-refractivity contribution < 1.29 is 14.1 Å². The highest BCUT2D eigenvalue weighted by atomic mass is 16.5. The molecule has 2 aromatic rings. The molecule has 0 radical (unpaired) electrons. The number of hydrogen-bond donors (Lipinski definition) is 0. The topological polar surface area (TPSA) is 68.5 Å². The minimum absolute atomic E-state index is 0.126. The van der Waals surface area contributed by atoms with Crippen LogP contribution in [-0.4, -0.2) is 41.1 Å². The molecule has 0 aliphatic heterocycles. The van der Waals surface area contributed by atoms with E-state index in [-0.39, 0.29) is 11.3 Å². The molecular weight excluding hydrogens is 342 g/mol. The van der Waals surface area contributed by atoms with E-state index in [1.54, 1.807) is 4.90 Å². The molecule has 2 rings (SSSR count). The lowest BCUT2D eigenvalue weighted by Crippen LogP contribution is -2.28. The summed E-state index contributed by atoms with van der Waals surface area (Å²) >= 11 is 0. The van der Waals surface area contributed by atoms with Crippen molar-refractivity contribution in [1.82, 2.24) is 15.0 Å². The van der Waals surface area contributed by atoms with Gasteiger partial charge in [-0.15, -0.1) is 0 Å². The lowest BCUT2D eigenvalue weighted by molar-refractivity contribution is -0.130. The van der Waals surface area contributed by atoms with E-state index in [4.69, 9.17) is 9.26 Å². The Bertz CT molecular complexity index is 734. The fourth-order valence-corrected chi connectivity index (χ4v) is 2.57. The third-order valence-corrected chi connectivity index (χ3v) is 4.33. The molecular formula is C21H31N3O3. The predicted octanol–water partition coefficient (Wildman–Crippen LogP) is 3.93. The van der Waals surface area contributed by atoms with Gasteiger partial charge >= 0.3 is 0 Å². The largest absolute Gasteiger partial charge is 0.493 e. The van der Waals surface area contributed by atoms with Gasteiger partial charge in [-0.3, -0.25) is 4.79 Å². The first-order valence-electron chi connectivity index (χ1n) is 9.53. The van der Waals surface area contributed by atoms with Gasteiger partial charge in [0.2, 0.25) is 11.8 Å². The van der Waals surface area contributed by atoms with Gasteiger partial charge in [-0.05, 0) is 31.4 Å². The molecule has 0 bridgehead atoms. The van der Waals surface area contributed by atoms with E-state index in [2.05, 4.69) is 10.1 Å². The Balaban J connectivity index is 1.64. The molecule has 1 aromatic heterocycles. The van der Waals surface area contributed by atoms with Gasteiger partial charge in [0.1, 0.15) is 5.75 Å². The smallest absolute Gasteiger partial charge is 0.226 e. The lowest BCUT2D eigenvalue weighted by Gasteiger charge is -2.17. The summed E-state index contributed by atoms with van der Waals surface area (Å²) in [5.74, 6) is 2.33. The number of ether oxygens (including phenoxy) is 1. The highest BCUT2D eigenvalue weighted by Gasteiger charge is 2.20. The Morgan fingerprint density at radius 3 is 2.63 bits per heavy atom. The molecule has 6 heteroatoms. The van der Waals surface area contributed by atoms with Crippen LogP contribution >= 0.6 is 0 Å². The number of para-hydroxylation sites is 1. The number of aryl methyl sites for hydroxylation is 2. The highest BCUT2D eigenvalue weighted by Crippen LogP contribution is 2.19. The summed E-state index contributed by atoms with van der Waals surface area (Å²) in [5.41, 5.74) is 0.996. The molecule has 0 saturated heterocycles. The Morgan fingerprint density at radius 2 is 1.96 bits per heavy atom. The average molecular weight is 373 g/mol.